The predicted molar refractivity (Wildman–Crippen MR) is 87.0 cm³/mol. The van der Waals surface area contributed by atoms with Gasteiger partial charge in [-0.3, -0.25) is 4.79 Å². The van der Waals surface area contributed by atoms with E-state index in [-0.39, 0.29) is 0 Å². The van der Waals surface area contributed by atoms with E-state index in [1.807, 2.05) is 30.3 Å². The number of nitrogens with zero attached hydrogens (tertiary/aromatic N) is 2. The van der Waals surface area contributed by atoms with Gasteiger partial charge >= 0.3 is 19.7 Å². The molecule has 24 heavy (non-hydrogen) atoms. The average Bonchev–Trinajstić information content (AvgIpc) is 2.44. The van der Waals surface area contributed by atoms with Crippen molar-refractivity contribution in [2.45, 2.75) is 0 Å². The molecule has 0 aliphatic carbocycles. The largest absolute Gasteiger partial charge is 0.480 e. The molecule has 0 unspecified atom stereocenters. The van der Waals surface area contributed by atoms with E-state index in [1.54, 1.807) is 6.08 Å². The maximum atomic E-state index is 10.3. The fraction of sp³-hybridized carbons (Fsp3) is 0.154. The second kappa shape index (κ2) is 10.2. The summed E-state index contributed by atoms with van der Waals surface area (Å²) in [4.78, 5) is 37.8. The fourth-order valence-electron chi connectivity index (χ4n) is 1.23. The zero-order chi connectivity index (χ0) is 18.8. The molecule has 1 aromatic rings. The van der Waals surface area contributed by atoms with Crippen LogP contribution in [0.15, 0.2) is 41.2 Å². The molecule has 0 fully saturated rings. The minimum absolute atomic E-state index is 0.477. The number of carboxylic acid groups (broad SMARTS) is 2. The molecule has 0 aliphatic heterocycles. The van der Waals surface area contributed by atoms with Gasteiger partial charge in [0.15, 0.2) is 0 Å². The van der Waals surface area contributed by atoms with Crippen molar-refractivity contribution in [2.24, 2.45) is 10.5 Å². The van der Waals surface area contributed by atoms with Crippen LogP contribution in [0.5, 0.6) is 0 Å². The van der Waals surface area contributed by atoms with Crippen molar-refractivity contribution in [3.8, 4) is 0 Å². The summed E-state index contributed by atoms with van der Waals surface area (Å²) in [6.45, 7) is -0.477. The van der Waals surface area contributed by atoms with E-state index in [0.29, 0.717) is 0 Å². The molecule has 0 aliphatic rings. The highest BCUT2D eigenvalue weighted by atomic mass is 31.2. The van der Waals surface area contributed by atoms with Crippen molar-refractivity contribution in [1.29, 1.82) is 0 Å². The number of hydrogen-bond acceptors (Lipinski definition) is 3. The molecule has 0 bridgehead atoms. The zero-order valence-corrected chi connectivity index (χ0v) is 13.6. The van der Waals surface area contributed by atoms with Gasteiger partial charge in [-0.25, -0.2) is 9.36 Å². The minimum atomic E-state index is -4.59. The van der Waals surface area contributed by atoms with Crippen LogP contribution in [0.4, 0.5) is 0 Å². The Balaban J connectivity index is 0.000000446. The molecular weight excluding hydrogens is 341 g/mol. The molecule has 11 heteroatoms. The predicted octanol–water partition coefficient (Wildman–Crippen LogP) is 0.195. The van der Waals surface area contributed by atoms with Crippen LogP contribution in [0.25, 0.3) is 6.08 Å². The van der Waals surface area contributed by atoms with Crippen LogP contribution in [0.3, 0.4) is 0 Å². The molecule has 0 heterocycles. The first-order valence-corrected chi connectivity index (χ1v) is 7.88. The van der Waals surface area contributed by atoms with Crippen LogP contribution >= 0.6 is 7.75 Å². The monoisotopic (exact) mass is 359 g/mol. The van der Waals surface area contributed by atoms with Crippen LogP contribution in [-0.4, -0.2) is 56.4 Å². The lowest BCUT2D eigenvalue weighted by Crippen LogP contribution is -2.37. The Morgan fingerprint density at radius 2 is 1.79 bits per heavy atom. The van der Waals surface area contributed by atoms with Crippen LogP contribution in [-0.2, 0) is 14.2 Å². The summed E-state index contributed by atoms with van der Waals surface area (Å²) < 4.78 is 13.1. The molecule has 0 aromatic heterocycles. The lowest BCUT2D eigenvalue weighted by molar-refractivity contribution is -0.137. The SMILES string of the molecule is CN(CC(=O)O)/C(N)=N/P(=O)(O)O.O=C(O)/C=C/c1ccccc1. The van der Waals surface area contributed by atoms with Crippen molar-refractivity contribution in [3.05, 3.63) is 42.0 Å². The van der Waals surface area contributed by atoms with E-state index < -0.39 is 32.2 Å². The fourth-order valence-corrected chi connectivity index (χ4v) is 1.64. The molecule has 0 spiro atoms. The first-order chi connectivity index (χ1) is 11.0. The molecule has 0 saturated heterocycles. The third-order valence-corrected chi connectivity index (χ3v) is 2.68. The number of guanidine groups is 1. The standard InChI is InChI=1S/C9H8O2.C4H10N3O5P/c10-9(11)7-6-8-4-2-1-3-5-8;1-7(2-3(8)9)4(5)6-13(10,11)12/h1-7H,(H,10,11);2H2,1H3,(H,8,9)(H4,5,6,10,11,12)/b7-6+;. The first kappa shape index (κ1) is 21.3. The van der Waals surface area contributed by atoms with E-state index in [1.165, 1.54) is 7.05 Å². The van der Waals surface area contributed by atoms with Gasteiger partial charge in [0.2, 0.25) is 5.96 Å². The van der Waals surface area contributed by atoms with E-state index in [0.717, 1.165) is 16.5 Å². The molecule has 0 radical (unpaired) electrons. The molecule has 132 valence electrons. The summed E-state index contributed by atoms with van der Waals surface area (Å²) in [5.41, 5.74) is 5.97. The number of benzene rings is 1. The molecule has 1 aromatic carbocycles. The van der Waals surface area contributed by atoms with Gasteiger partial charge in [-0.05, 0) is 11.6 Å². The molecular formula is C13H18N3O7P. The van der Waals surface area contributed by atoms with Crippen LogP contribution in [0.2, 0.25) is 0 Å². The van der Waals surface area contributed by atoms with Crippen molar-refractivity contribution in [3.63, 3.8) is 0 Å². The Hall–Kier alpha value is -2.68. The summed E-state index contributed by atoms with van der Waals surface area (Å²) in [7, 11) is -3.34. The van der Waals surface area contributed by atoms with Gasteiger partial charge in [-0.1, -0.05) is 30.3 Å². The zero-order valence-electron chi connectivity index (χ0n) is 12.7. The van der Waals surface area contributed by atoms with Gasteiger partial charge < -0.3 is 30.6 Å². The second-order valence-electron chi connectivity index (χ2n) is 4.30. The summed E-state index contributed by atoms with van der Waals surface area (Å²) in [5.74, 6) is -2.61. The van der Waals surface area contributed by atoms with Crippen molar-refractivity contribution < 1.29 is 34.2 Å². The maximum Gasteiger partial charge on any atom is 0.451 e. The van der Waals surface area contributed by atoms with Gasteiger partial charge in [0.05, 0.1) is 0 Å². The highest BCUT2D eigenvalue weighted by Crippen LogP contribution is 2.35. The van der Waals surface area contributed by atoms with Crippen LogP contribution in [0.1, 0.15) is 5.56 Å². The average molecular weight is 359 g/mol. The van der Waals surface area contributed by atoms with E-state index in [2.05, 4.69) is 4.76 Å². The van der Waals surface area contributed by atoms with Crippen molar-refractivity contribution >= 4 is 31.7 Å². The van der Waals surface area contributed by atoms with E-state index >= 15 is 0 Å². The molecule has 10 nitrogen and oxygen atoms in total. The lowest BCUT2D eigenvalue weighted by Gasteiger charge is -2.14. The Kier molecular flexibility index (Phi) is 9.03. The Morgan fingerprint density at radius 1 is 1.25 bits per heavy atom. The second-order valence-corrected chi connectivity index (χ2v) is 5.53. The summed E-state index contributed by atoms with van der Waals surface area (Å²) in [5, 5.41) is 16.6. The Morgan fingerprint density at radius 3 is 2.21 bits per heavy atom. The van der Waals surface area contributed by atoms with Crippen LogP contribution < -0.4 is 5.73 Å². The number of nitrogens with two attached hydrogens (primary N) is 1. The van der Waals surface area contributed by atoms with Gasteiger partial charge in [-0.15, -0.1) is 4.76 Å². The Labute approximate surface area is 137 Å². The third-order valence-electron chi connectivity index (χ3n) is 2.21. The highest BCUT2D eigenvalue weighted by molar-refractivity contribution is 7.50. The number of rotatable bonds is 5. The quantitative estimate of drug-likeness (QED) is 0.213. The lowest BCUT2D eigenvalue weighted by atomic mass is 10.2. The first-order valence-electron chi connectivity index (χ1n) is 6.31. The Bertz CT molecular complexity index is 655. The van der Waals surface area contributed by atoms with Gasteiger partial charge in [-0.2, -0.15) is 0 Å². The molecule has 0 atom stereocenters. The van der Waals surface area contributed by atoms with E-state index in [9.17, 15) is 14.2 Å². The molecule has 1 rings (SSSR count). The van der Waals surface area contributed by atoms with Gasteiger partial charge in [0.25, 0.3) is 0 Å². The number of carboxylic acids is 2. The van der Waals surface area contributed by atoms with Crippen molar-refractivity contribution in [2.75, 3.05) is 13.6 Å². The summed E-state index contributed by atoms with van der Waals surface area (Å²) in [6, 6.07) is 9.31. The highest BCUT2D eigenvalue weighted by Gasteiger charge is 2.14. The molecule has 0 amide bonds. The van der Waals surface area contributed by atoms with E-state index in [4.69, 9.17) is 25.7 Å². The molecule has 0 saturated carbocycles. The third kappa shape index (κ3) is 11.9. The van der Waals surface area contributed by atoms with Crippen molar-refractivity contribution in [1.82, 2.24) is 4.90 Å². The maximum absolute atomic E-state index is 10.3. The number of likely N-dealkylation sites (N-methyl/N-ethyl adjacent to an activating group) is 1. The number of carbonyl (C=O) groups is 2. The normalized spacial score (nSPS) is 11.5. The molecule has 6 N–H and O–H groups in total. The summed E-state index contributed by atoms with van der Waals surface area (Å²) in [6.07, 6.45) is 2.68. The number of aliphatic carboxylic acids is 2. The van der Waals surface area contributed by atoms with Gasteiger partial charge in [0.1, 0.15) is 6.54 Å². The van der Waals surface area contributed by atoms with Crippen LogP contribution in [0, 0.1) is 0 Å². The topological polar surface area (TPSA) is 174 Å². The summed E-state index contributed by atoms with van der Waals surface area (Å²) >= 11 is 0. The minimum Gasteiger partial charge on any atom is -0.480 e. The van der Waals surface area contributed by atoms with Gasteiger partial charge in [0, 0.05) is 13.1 Å². The smallest absolute Gasteiger partial charge is 0.451 e. The number of hydrogen-bond donors (Lipinski definition) is 5.